The predicted octanol–water partition coefficient (Wildman–Crippen LogP) is 2.86. The normalized spacial score (nSPS) is 12.0. The highest BCUT2D eigenvalue weighted by molar-refractivity contribution is 6.03. The minimum Gasteiger partial charge on any atom is -0.381 e. The van der Waals surface area contributed by atoms with Crippen LogP contribution in [0.4, 0.5) is 0 Å². The molecule has 0 spiro atoms. The molecule has 0 radical (unpaired) electrons. The zero-order valence-corrected chi connectivity index (χ0v) is 18.2. The molecule has 32 heavy (non-hydrogen) atoms. The molecule has 0 fully saturated rings. The van der Waals surface area contributed by atoms with Gasteiger partial charge in [-0.1, -0.05) is 42.0 Å². The van der Waals surface area contributed by atoms with Crippen LogP contribution in [0.3, 0.4) is 0 Å². The van der Waals surface area contributed by atoms with Gasteiger partial charge in [-0.25, -0.2) is 24.3 Å². The topological polar surface area (TPSA) is 88.4 Å². The van der Waals surface area contributed by atoms with E-state index in [2.05, 4.69) is 4.98 Å². The largest absolute Gasteiger partial charge is 0.381 e. The highest BCUT2D eigenvalue weighted by atomic mass is 16.5. The number of fused-ring (bicyclic) bond motifs is 4. The average molecular weight is 427 g/mol. The van der Waals surface area contributed by atoms with E-state index in [9.17, 15) is 4.79 Å². The summed E-state index contributed by atoms with van der Waals surface area (Å²) in [6.07, 6.45) is 1.77. The molecule has 0 saturated carbocycles. The van der Waals surface area contributed by atoms with Crippen molar-refractivity contribution < 1.29 is 9.72 Å². The number of rotatable bonds is 5. The average Bonchev–Trinajstić information content (AvgIpc) is 3.08. The summed E-state index contributed by atoms with van der Waals surface area (Å²) in [6.45, 7) is 4.77. The van der Waals surface area contributed by atoms with Gasteiger partial charge in [0.15, 0.2) is 5.39 Å². The second kappa shape index (κ2) is 7.97. The van der Waals surface area contributed by atoms with Gasteiger partial charge in [0, 0.05) is 14.0 Å². The number of H-pyrrole nitrogens is 1. The summed E-state index contributed by atoms with van der Waals surface area (Å²) >= 11 is 0. The number of benzene rings is 2. The number of hydrogen-bond acceptors (Lipinski definition) is 5. The van der Waals surface area contributed by atoms with Crippen LogP contribution in [0.25, 0.3) is 33.2 Å². The Kier molecular flexibility index (Phi) is 4.99. The summed E-state index contributed by atoms with van der Waals surface area (Å²) in [5, 5.41) is 5.16. The highest BCUT2D eigenvalue weighted by Crippen LogP contribution is 2.24. The number of nitrogens with one attached hydrogen (secondary N) is 1. The predicted molar refractivity (Wildman–Crippen MR) is 124 cm³/mol. The van der Waals surface area contributed by atoms with Crippen molar-refractivity contribution in [2.75, 3.05) is 13.7 Å². The first-order chi connectivity index (χ1) is 15.6. The summed E-state index contributed by atoms with van der Waals surface area (Å²) in [4.78, 5) is 26.4. The van der Waals surface area contributed by atoms with E-state index in [0.29, 0.717) is 41.2 Å². The van der Waals surface area contributed by atoms with Crippen molar-refractivity contribution in [1.29, 1.82) is 0 Å². The Labute approximate surface area is 183 Å². The molecule has 0 atom stereocenters. The van der Waals surface area contributed by atoms with Crippen molar-refractivity contribution in [2.24, 2.45) is 5.10 Å². The fourth-order valence-corrected chi connectivity index (χ4v) is 3.91. The van der Waals surface area contributed by atoms with Crippen LogP contribution in [0.1, 0.15) is 17.0 Å². The van der Waals surface area contributed by atoms with Crippen LogP contribution in [0.5, 0.6) is 0 Å². The highest BCUT2D eigenvalue weighted by Gasteiger charge is 2.26. The third kappa shape index (κ3) is 3.34. The van der Waals surface area contributed by atoms with E-state index in [0.717, 1.165) is 22.2 Å². The van der Waals surface area contributed by atoms with Gasteiger partial charge < -0.3 is 4.74 Å². The molecule has 0 aliphatic rings. The standard InChI is InChI=1S/C24H22N6O2/c1-15-7-6-8-17(13-15)14-25-30-22-20(24(31)29(11-12-32-3)16(2)26-22)21-23(30)28-19-10-5-4-9-18(19)27-21/h4-10,13-14H,11-12H2,1-3H3/p+1/b25-14+. The second-order valence-electron chi connectivity index (χ2n) is 7.74. The van der Waals surface area contributed by atoms with Gasteiger partial charge in [-0.3, -0.25) is 0 Å². The van der Waals surface area contributed by atoms with Crippen LogP contribution in [-0.2, 0) is 11.3 Å². The number of aromatic amines is 1. The minimum atomic E-state index is -0.146. The lowest BCUT2D eigenvalue weighted by atomic mass is 10.2. The van der Waals surface area contributed by atoms with Gasteiger partial charge in [-0.05, 0) is 24.6 Å². The summed E-state index contributed by atoms with van der Waals surface area (Å²) in [7, 11) is 1.62. The molecular formula is C24H23N6O2+. The van der Waals surface area contributed by atoms with Gasteiger partial charge in [-0.15, -0.1) is 9.78 Å². The van der Waals surface area contributed by atoms with Crippen molar-refractivity contribution >= 4 is 39.4 Å². The molecule has 0 amide bonds. The Bertz CT molecular complexity index is 1560. The van der Waals surface area contributed by atoms with Gasteiger partial charge in [0.25, 0.3) is 5.65 Å². The van der Waals surface area contributed by atoms with Crippen LogP contribution in [0, 0.1) is 13.8 Å². The molecule has 0 saturated heterocycles. The second-order valence-corrected chi connectivity index (χ2v) is 7.74. The maximum Gasteiger partial charge on any atom is 0.323 e. The van der Waals surface area contributed by atoms with E-state index in [1.807, 2.05) is 62.4 Å². The molecular weight excluding hydrogens is 404 g/mol. The molecule has 0 aliphatic heterocycles. The lowest BCUT2D eigenvalue weighted by molar-refractivity contribution is -0.368. The number of methoxy groups -OCH3 is 1. The van der Waals surface area contributed by atoms with Crippen LogP contribution in [0.15, 0.2) is 58.4 Å². The molecule has 0 bridgehead atoms. The van der Waals surface area contributed by atoms with Crippen molar-refractivity contribution in [2.45, 2.75) is 20.4 Å². The van der Waals surface area contributed by atoms with E-state index in [1.54, 1.807) is 22.6 Å². The van der Waals surface area contributed by atoms with E-state index in [-0.39, 0.29) is 5.56 Å². The van der Waals surface area contributed by atoms with Crippen LogP contribution >= 0.6 is 0 Å². The molecule has 0 aliphatic carbocycles. The SMILES string of the molecule is COCCn1c(C)[nH+]c2c(c1=O)c1nc3ccccc3nc1n2/N=C/c1cccc(C)c1. The molecule has 3 heterocycles. The summed E-state index contributed by atoms with van der Waals surface area (Å²) in [6, 6.07) is 15.7. The monoisotopic (exact) mass is 427 g/mol. The molecule has 8 nitrogen and oxygen atoms in total. The zero-order chi connectivity index (χ0) is 22.2. The number of ether oxygens (including phenoxy) is 1. The van der Waals surface area contributed by atoms with E-state index < -0.39 is 0 Å². The molecule has 0 unspecified atom stereocenters. The van der Waals surface area contributed by atoms with Crippen LogP contribution < -0.4 is 10.5 Å². The first kappa shape index (κ1) is 20.0. The molecule has 160 valence electrons. The number of nitrogens with zero attached hydrogens (tertiary/aromatic N) is 5. The number of aromatic nitrogens is 5. The fraction of sp³-hybridized carbons (Fsp3) is 0.208. The molecule has 3 aromatic heterocycles. The number of aryl methyl sites for hydroxylation is 2. The summed E-state index contributed by atoms with van der Waals surface area (Å²) < 4.78 is 8.52. The van der Waals surface area contributed by atoms with Gasteiger partial charge in [0.2, 0.25) is 11.5 Å². The first-order valence-electron chi connectivity index (χ1n) is 10.4. The van der Waals surface area contributed by atoms with Gasteiger partial charge >= 0.3 is 5.56 Å². The fourth-order valence-electron chi connectivity index (χ4n) is 3.91. The van der Waals surface area contributed by atoms with E-state index in [4.69, 9.17) is 19.8 Å². The Morgan fingerprint density at radius 2 is 1.88 bits per heavy atom. The molecule has 1 N–H and O–H groups in total. The summed E-state index contributed by atoms with van der Waals surface area (Å²) in [5.41, 5.74) is 5.04. The minimum absolute atomic E-state index is 0.146. The Morgan fingerprint density at radius 3 is 2.62 bits per heavy atom. The zero-order valence-electron chi connectivity index (χ0n) is 18.2. The third-order valence-corrected chi connectivity index (χ3v) is 5.48. The lowest BCUT2D eigenvalue weighted by Crippen LogP contribution is -2.32. The van der Waals surface area contributed by atoms with Gasteiger partial charge in [0.05, 0.1) is 30.4 Å². The maximum absolute atomic E-state index is 13.5. The van der Waals surface area contributed by atoms with Gasteiger partial charge in [-0.2, -0.15) is 0 Å². The van der Waals surface area contributed by atoms with Crippen molar-refractivity contribution in [3.63, 3.8) is 0 Å². The first-order valence-corrected chi connectivity index (χ1v) is 10.4. The van der Waals surface area contributed by atoms with Crippen LogP contribution in [-0.4, -0.2) is 39.1 Å². The van der Waals surface area contributed by atoms with Crippen molar-refractivity contribution in [3.8, 4) is 0 Å². The Balaban J connectivity index is 1.84. The van der Waals surface area contributed by atoms with Crippen molar-refractivity contribution in [1.82, 2.24) is 19.2 Å². The van der Waals surface area contributed by atoms with Crippen LogP contribution in [0.2, 0.25) is 0 Å². The third-order valence-electron chi connectivity index (χ3n) is 5.48. The maximum atomic E-state index is 13.5. The summed E-state index contributed by atoms with van der Waals surface area (Å²) in [5.74, 6) is 0.707. The number of para-hydroxylation sites is 2. The number of hydrogen-bond donors (Lipinski definition) is 0. The lowest BCUT2D eigenvalue weighted by Gasteiger charge is -2.04. The van der Waals surface area contributed by atoms with Crippen molar-refractivity contribution in [3.05, 3.63) is 75.8 Å². The molecule has 5 rings (SSSR count). The smallest absolute Gasteiger partial charge is 0.323 e. The molecule has 2 aromatic carbocycles. The quantitative estimate of drug-likeness (QED) is 0.404. The van der Waals surface area contributed by atoms with E-state index in [1.165, 1.54) is 0 Å². The molecule has 8 heteroatoms. The Morgan fingerprint density at radius 1 is 1.09 bits per heavy atom. The van der Waals surface area contributed by atoms with Gasteiger partial charge in [0.1, 0.15) is 5.52 Å². The molecule has 5 aromatic rings. The Hall–Kier alpha value is -3.91. The van der Waals surface area contributed by atoms with E-state index >= 15 is 0 Å².